The molecular formula is C7H2Br2F5N. The molecule has 0 atom stereocenters. The molecule has 1 rings (SSSR count). The van der Waals surface area contributed by atoms with Gasteiger partial charge in [-0.15, -0.1) is 0 Å². The number of aromatic nitrogens is 1. The average molecular weight is 355 g/mol. The van der Waals surface area contributed by atoms with E-state index in [1.807, 2.05) is 0 Å². The van der Waals surface area contributed by atoms with Crippen molar-refractivity contribution in [1.29, 1.82) is 0 Å². The normalized spacial score (nSPS) is 12.3. The van der Waals surface area contributed by atoms with E-state index < -0.39 is 28.3 Å². The fourth-order valence-electron chi connectivity index (χ4n) is 0.961. The van der Waals surface area contributed by atoms with Crippen LogP contribution in [0.2, 0.25) is 0 Å². The van der Waals surface area contributed by atoms with Crippen molar-refractivity contribution in [1.82, 2.24) is 4.98 Å². The van der Waals surface area contributed by atoms with Crippen LogP contribution in [0.25, 0.3) is 0 Å². The van der Waals surface area contributed by atoms with Gasteiger partial charge >= 0.3 is 6.18 Å². The van der Waals surface area contributed by atoms with Crippen LogP contribution >= 0.6 is 31.9 Å². The highest BCUT2D eigenvalue weighted by molar-refractivity contribution is 9.11. The third kappa shape index (κ3) is 2.66. The van der Waals surface area contributed by atoms with E-state index in [1.54, 1.807) is 0 Å². The number of pyridine rings is 1. The Morgan fingerprint density at radius 2 is 1.73 bits per heavy atom. The minimum absolute atomic E-state index is 0.368. The van der Waals surface area contributed by atoms with Gasteiger partial charge in [0.1, 0.15) is 4.60 Å². The van der Waals surface area contributed by atoms with Crippen molar-refractivity contribution in [2.24, 2.45) is 0 Å². The van der Waals surface area contributed by atoms with E-state index in [2.05, 4.69) is 36.8 Å². The Balaban J connectivity index is 3.53. The average Bonchev–Trinajstić information content (AvgIpc) is 2.05. The summed E-state index contributed by atoms with van der Waals surface area (Å²) in [6.45, 7) is 0. The highest BCUT2D eigenvalue weighted by Crippen LogP contribution is 2.42. The van der Waals surface area contributed by atoms with Gasteiger partial charge in [0.15, 0.2) is 0 Å². The van der Waals surface area contributed by atoms with Crippen LogP contribution < -0.4 is 0 Å². The highest BCUT2D eigenvalue weighted by Gasteiger charge is 2.39. The van der Waals surface area contributed by atoms with Crippen molar-refractivity contribution >= 4 is 31.9 Å². The van der Waals surface area contributed by atoms with Gasteiger partial charge in [-0.25, -0.2) is 13.8 Å². The van der Waals surface area contributed by atoms with E-state index in [-0.39, 0.29) is 4.47 Å². The number of hydrogen-bond acceptors (Lipinski definition) is 1. The minimum atomic E-state index is -4.87. The van der Waals surface area contributed by atoms with E-state index in [1.165, 1.54) is 0 Å². The molecule has 1 nitrogen and oxygen atoms in total. The Morgan fingerprint density at radius 1 is 1.20 bits per heavy atom. The molecule has 84 valence electrons. The highest BCUT2D eigenvalue weighted by atomic mass is 79.9. The zero-order valence-electron chi connectivity index (χ0n) is 6.75. The van der Waals surface area contributed by atoms with Gasteiger partial charge in [0, 0.05) is 16.2 Å². The van der Waals surface area contributed by atoms with E-state index >= 15 is 0 Å². The number of hydrogen-bond donors (Lipinski definition) is 0. The molecule has 0 amide bonds. The molecule has 0 aliphatic heterocycles. The van der Waals surface area contributed by atoms with Crippen LogP contribution in [0.1, 0.15) is 17.6 Å². The molecule has 0 saturated heterocycles. The van der Waals surface area contributed by atoms with Gasteiger partial charge in [0.05, 0.1) is 5.56 Å². The van der Waals surface area contributed by atoms with Crippen molar-refractivity contribution in [3.63, 3.8) is 0 Å². The molecule has 0 aromatic carbocycles. The second kappa shape index (κ2) is 4.32. The molecule has 1 aromatic heterocycles. The van der Waals surface area contributed by atoms with Crippen molar-refractivity contribution in [2.45, 2.75) is 12.6 Å². The van der Waals surface area contributed by atoms with Gasteiger partial charge in [-0.05, 0) is 31.9 Å². The minimum Gasteiger partial charge on any atom is -0.248 e. The van der Waals surface area contributed by atoms with Crippen LogP contribution in [0.4, 0.5) is 22.0 Å². The standard InChI is InChI=1S/C7H2Br2F5N/c8-2-1-15-5(9)4(7(12,13)14)3(2)6(10)11/h1,6H. The SMILES string of the molecule is FC(F)c1c(Br)cnc(Br)c1C(F)(F)F. The fraction of sp³-hybridized carbons (Fsp3) is 0.286. The first-order valence-electron chi connectivity index (χ1n) is 3.44. The molecule has 1 heterocycles. The number of halogens is 7. The van der Waals surface area contributed by atoms with Crippen LogP contribution in [-0.4, -0.2) is 4.98 Å². The molecule has 0 saturated carbocycles. The Bertz CT molecular complexity index is 376. The monoisotopic (exact) mass is 353 g/mol. The number of rotatable bonds is 1. The van der Waals surface area contributed by atoms with Crippen LogP contribution in [0.3, 0.4) is 0 Å². The first-order chi connectivity index (χ1) is 6.75. The lowest BCUT2D eigenvalue weighted by molar-refractivity contribution is -0.140. The lowest BCUT2D eigenvalue weighted by atomic mass is 10.1. The first-order valence-corrected chi connectivity index (χ1v) is 5.03. The quantitative estimate of drug-likeness (QED) is 0.532. The van der Waals surface area contributed by atoms with E-state index in [9.17, 15) is 22.0 Å². The van der Waals surface area contributed by atoms with Crippen LogP contribution in [0.15, 0.2) is 15.3 Å². The molecule has 0 unspecified atom stereocenters. The fourth-order valence-corrected chi connectivity index (χ4v) is 1.98. The molecule has 0 aliphatic carbocycles. The van der Waals surface area contributed by atoms with E-state index in [4.69, 9.17) is 0 Å². The lowest BCUT2D eigenvalue weighted by Gasteiger charge is -2.14. The molecular weight excluding hydrogens is 353 g/mol. The maximum absolute atomic E-state index is 12.4. The lowest BCUT2D eigenvalue weighted by Crippen LogP contribution is -2.12. The second-order valence-corrected chi connectivity index (χ2v) is 4.09. The summed E-state index contributed by atoms with van der Waals surface area (Å²) in [7, 11) is 0. The Hall–Kier alpha value is -0.240. The van der Waals surface area contributed by atoms with Crippen molar-refractivity contribution in [3.8, 4) is 0 Å². The third-order valence-electron chi connectivity index (χ3n) is 1.53. The van der Waals surface area contributed by atoms with Gasteiger partial charge in [-0.3, -0.25) is 0 Å². The summed E-state index contributed by atoms with van der Waals surface area (Å²) in [5.74, 6) is 0. The summed E-state index contributed by atoms with van der Waals surface area (Å²) in [6, 6.07) is 0. The Kier molecular flexibility index (Phi) is 3.70. The van der Waals surface area contributed by atoms with E-state index in [0.717, 1.165) is 6.20 Å². The van der Waals surface area contributed by atoms with E-state index in [0.29, 0.717) is 0 Å². The molecule has 0 N–H and O–H groups in total. The van der Waals surface area contributed by atoms with Gasteiger partial charge in [0.2, 0.25) is 0 Å². The molecule has 0 fully saturated rings. The summed E-state index contributed by atoms with van der Waals surface area (Å²) in [5, 5.41) is 0. The zero-order valence-corrected chi connectivity index (χ0v) is 9.92. The van der Waals surface area contributed by atoms with Gasteiger partial charge < -0.3 is 0 Å². The second-order valence-electron chi connectivity index (χ2n) is 2.48. The maximum Gasteiger partial charge on any atom is 0.419 e. The van der Waals surface area contributed by atoms with Crippen LogP contribution in [-0.2, 0) is 6.18 Å². The molecule has 0 bridgehead atoms. The van der Waals surface area contributed by atoms with Gasteiger partial charge in [-0.1, -0.05) is 0 Å². The van der Waals surface area contributed by atoms with Gasteiger partial charge in [0.25, 0.3) is 6.43 Å². The molecule has 0 spiro atoms. The maximum atomic E-state index is 12.4. The topological polar surface area (TPSA) is 12.9 Å². The summed E-state index contributed by atoms with van der Waals surface area (Å²) in [5.41, 5.74) is -2.56. The molecule has 0 radical (unpaired) electrons. The molecule has 8 heteroatoms. The zero-order chi connectivity index (χ0) is 11.8. The summed E-state index contributed by atoms with van der Waals surface area (Å²) in [6.07, 6.45) is -7.21. The van der Waals surface area contributed by atoms with Crippen molar-refractivity contribution < 1.29 is 22.0 Å². The van der Waals surface area contributed by atoms with Crippen molar-refractivity contribution in [2.75, 3.05) is 0 Å². The predicted octanol–water partition coefficient (Wildman–Crippen LogP) is 4.56. The van der Waals surface area contributed by atoms with Crippen molar-refractivity contribution in [3.05, 3.63) is 26.4 Å². The Labute approximate surface area is 97.9 Å². The molecule has 1 aromatic rings. The largest absolute Gasteiger partial charge is 0.419 e. The summed E-state index contributed by atoms with van der Waals surface area (Å²) in [4.78, 5) is 3.30. The smallest absolute Gasteiger partial charge is 0.248 e. The molecule has 15 heavy (non-hydrogen) atoms. The first kappa shape index (κ1) is 12.8. The van der Waals surface area contributed by atoms with Crippen LogP contribution in [0.5, 0.6) is 0 Å². The number of alkyl halides is 5. The predicted molar refractivity (Wildman–Crippen MR) is 49.6 cm³/mol. The van der Waals surface area contributed by atoms with Gasteiger partial charge in [-0.2, -0.15) is 13.2 Å². The number of nitrogens with zero attached hydrogens (tertiary/aromatic N) is 1. The van der Waals surface area contributed by atoms with Crippen LogP contribution in [0, 0.1) is 0 Å². The third-order valence-corrected chi connectivity index (χ3v) is 2.76. The summed E-state index contributed by atoms with van der Waals surface area (Å²) >= 11 is 5.11. The summed E-state index contributed by atoms with van der Waals surface area (Å²) < 4.78 is 61.1. The molecule has 0 aliphatic rings. The Morgan fingerprint density at radius 3 is 2.07 bits per heavy atom.